The molecule has 2 rings (SSSR count). The molecule has 0 spiro atoms. The van der Waals surface area contributed by atoms with Crippen molar-refractivity contribution in [1.82, 2.24) is 4.57 Å². The Bertz CT molecular complexity index is 892. The lowest BCUT2D eigenvalue weighted by molar-refractivity contribution is 0.341. The molecule has 0 aliphatic carbocycles. The van der Waals surface area contributed by atoms with Crippen molar-refractivity contribution >= 4 is 11.9 Å². The average Bonchev–Trinajstić information content (AvgIpc) is 2.60. The SMILES string of the molecule is CCCn1c(O)c(C=Nc2ccccc2OCC)c(C)c(C#N)c1=O. The molecule has 0 saturated heterocycles. The Hall–Kier alpha value is -3.07. The van der Waals surface area contributed by atoms with Crippen LogP contribution in [-0.4, -0.2) is 22.5 Å². The van der Waals surface area contributed by atoms with E-state index in [1.165, 1.54) is 10.8 Å². The van der Waals surface area contributed by atoms with Crippen LogP contribution in [0.3, 0.4) is 0 Å². The van der Waals surface area contributed by atoms with E-state index in [1.54, 1.807) is 13.0 Å². The van der Waals surface area contributed by atoms with Crippen LogP contribution in [0.1, 0.15) is 37.0 Å². The quantitative estimate of drug-likeness (QED) is 0.818. The molecule has 6 heteroatoms. The summed E-state index contributed by atoms with van der Waals surface area (Å²) in [7, 11) is 0. The molecule has 2 aromatic rings. The number of aromatic hydroxyl groups is 1. The largest absolute Gasteiger partial charge is 0.494 e. The number of benzene rings is 1. The average molecular weight is 339 g/mol. The van der Waals surface area contributed by atoms with Gasteiger partial charge in [0.15, 0.2) is 0 Å². The van der Waals surface area contributed by atoms with Gasteiger partial charge in [0, 0.05) is 12.8 Å². The molecule has 0 aliphatic rings. The van der Waals surface area contributed by atoms with Gasteiger partial charge < -0.3 is 9.84 Å². The molecule has 130 valence electrons. The van der Waals surface area contributed by atoms with Gasteiger partial charge in [0.05, 0.1) is 12.2 Å². The standard InChI is InChI=1S/C19H21N3O3/c1-4-10-22-18(23)14(11-20)13(3)15(19(22)24)12-21-16-8-6-7-9-17(16)25-5-2/h6-9,12,24H,4-5,10H2,1-3H3. The van der Waals surface area contributed by atoms with E-state index in [0.29, 0.717) is 42.1 Å². The first-order chi connectivity index (χ1) is 12.0. The van der Waals surface area contributed by atoms with Crippen molar-refractivity contribution in [2.24, 2.45) is 4.99 Å². The smallest absolute Gasteiger partial charge is 0.271 e. The molecule has 0 atom stereocenters. The third kappa shape index (κ3) is 3.72. The highest BCUT2D eigenvalue weighted by molar-refractivity contribution is 5.87. The van der Waals surface area contributed by atoms with Gasteiger partial charge in [-0.05, 0) is 38.0 Å². The lowest BCUT2D eigenvalue weighted by Gasteiger charge is -2.13. The highest BCUT2D eigenvalue weighted by Gasteiger charge is 2.17. The number of rotatable bonds is 6. The van der Waals surface area contributed by atoms with Gasteiger partial charge in [0.1, 0.15) is 23.1 Å². The van der Waals surface area contributed by atoms with Crippen LogP contribution >= 0.6 is 0 Å². The third-order valence-corrected chi connectivity index (χ3v) is 3.79. The minimum Gasteiger partial charge on any atom is -0.494 e. The summed E-state index contributed by atoms with van der Waals surface area (Å²) in [4.78, 5) is 16.7. The second-order valence-electron chi connectivity index (χ2n) is 5.46. The number of para-hydroxylation sites is 2. The fourth-order valence-corrected chi connectivity index (χ4v) is 2.53. The van der Waals surface area contributed by atoms with Crippen molar-refractivity contribution in [3.05, 3.63) is 51.3 Å². The fraction of sp³-hybridized carbons (Fsp3) is 0.316. The molecular weight excluding hydrogens is 318 g/mol. The lowest BCUT2D eigenvalue weighted by Crippen LogP contribution is -2.25. The van der Waals surface area contributed by atoms with E-state index in [9.17, 15) is 15.2 Å². The number of pyridine rings is 1. The summed E-state index contributed by atoms with van der Waals surface area (Å²) >= 11 is 0. The molecule has 1 N–H and O–H groups in total. The molecule has 25 heavy (non-hydrogen) atoms. The zero-order valence-corrected chi connectivity index (χ0v) is 14.6. The number of hydrogen-bond acceptors (Lipinski definition) is 5. The Morgan fingerprint density at radius 2 is 2.08 bits per heavy atom. The van der Waals surface area contributed by atoms with Gasteiger partial charge in [-0.2, -0.15) is 5.26 Å². The third-order valence-electron chi connectivity index (χ3n) is 3.79. The maximum Gasteiger partial charge on any atom is 0.271 e. The van der Waals surface area contributed by atoms with E-state index in [0.717, 1.165) is 0 Å². The number of hydrogen-bond donors (Lipinski definition) is 1. The number of nitrogens with zero attached hydrogens (tertiary/aromatic N) is 3. The predicted octanol–water partition coefficient (Wildman–Crippen LogP) is 3.29. The first-order valence-corrected chi connectivity index (χ1v) is 8.17. The molecule has 0 radical (unpaired) electrons. The van der Waals surface area contributed by atoms with Gasteiger partial charge in [-0.3, -0.25) is 14.4 Å². The molecule has 0 fully saturated rings. The Morgan fingerprint density at radius 3 is 2.72 bits per heavy atom. The van der Waals surface area contributed by atoms with E-state index in [1.807, 2.05) is 38.1 Å². The molecule has 0 amide bonds. The first-order valence-electron chi connectivity index (χ1n) is 8.17. The minimum absolute atomic E-state index is 0.0193. The van der Waals surface area contributed by atoms with Gasteiger partial charge in [-0.15, -0.1) is 0 Å². The van der Waals surface area contributed by atoms with Crippen molar-refractivity contribution in [1.29, 1.82) is 5.26 Å². The van der Waals surface area contributed by atoms with E-state index in [-0.39, 0.29) is 11.4 Å². The van der Waals surface area contributed by atoms with E-state index >= 15 is 0 Å². The Balaban J connectivity index is 2.59. The number of ether oxygens (including phenoxy) is 1. The second-order valence-corrected chi connectivity index (χ2v) is 5.46. The Kier molecular flexibility index (Phi) is 5.96. The lowest BCUT2D eigenvalue weighted by atomic mass is 10.1. The van der Waals surface area contributed by atoms with Crippen molar-refractivity contribution in [2.75, 3.05) is 6.61 Å². The van der Waals surface area contributed by atoms with Crippen LogP contribution in [0.5, 0.6) is 11.6 Å². The predicted molar refractivity (Wildman–Crippen MR) is 97.0 cm³/mol. The van der Waals surface area contributed by atoms with Crippen LogP contribution in [0.2, 0.25) is 0 Å². The fourth-order valence-electron chi connectivity index (χ4n) is 2.53. The van der Waals surface area contributed by atoms with Crippen LogP contribution < -0.4 is 10.3 Å². The number of aliphatic imine (C=N–C) groups is 1. The Labute approximate surface area is 146 Å². The summed E-state index contributed by atoms with van der Waals surface area (Å²) in [6, 6.07) is 9.21. The van der Waals surface area contributed by atoms with Gasteiger partial charge in [-0.1, -0.05) is 19.1 Å². The topological polar surface area (TPSA) is 87.6 Å². The van der Waals surface area contributed by atoms with Gasteiger partial charge >= 0.3 is 0 Å². The summed E-state index contributed by atoms with van der Waals surface area (Å²) in [5.74, 6) is 0.446. The van der Waals surface area contributed by atoms with Crippen LogP contribution in [0.15, 0.2) is 34.1 Å². The van der Waals surface area contributed by atoms with Crippen LogP contribution in [0.4, 0.5) is 5.69 Å². The minimum atomic E-state index is -0.480. The van der Waals surface area contributed by atoms with Crippen molar-refractivity contribution in [3.63, 3.8) is 0 Å². The second kappa shape index (κ2) is 8.15. The maximum absolute atomic E-state index is 12.3. The first kappa shape index (κ1) is 18.3. The molecule has 6 nitrogen and oxygen atoms in total. The molecule has 0 unspecified atom stereocenters. The van der Waals surface area contributed by atoms with Crippen LogP contribution in [0.25, 0.3) is 0 Å². The monoisotopic (exact) mass is 339 g/mol. The summed E-state index contributed by atoms with van der Waals surface area (Å²) in [6.07, 6.45) is 2.13. The zero-order chi connectivity index (χ0) is 18.4. The highest BCUT2D eigenvalue weighted by Crippen LogP contribution is 2.28. The van der Waals surface area contributed by atoms with E-state index < -0.39 is 5.56 Å². The van der Waals surface area contributed by atoms with Crippen molar-refractivity contribution in [2.45, 2.75) is 33.7 Å². The molecule has 1 aromatic carbocycles. The maximum atomic E-state index is 12.3. The summed E-state index contributed by atoms with van der Waals surface area (Å²) in [5.41, 5.74) is 0.915. The van der Waals surface area contributed by atoms with E-state index in [2.05, 4.69) is 4.99 Å². The highest BCUT2D eigenvalue weighted by atomic mass is 16.5. The molecule has 1 aromatic heterocycles. The zero-order valence-electron chi connectivity index (χ0n) is 14.6. The molecule has 1 heterocycles. The normalized spacial score (nSPS) is 10.8. The summed E-state index contributed by atoms with van der Waals surface area (Å²) in [6.45, 7) is 6.25. The van der Waals surface area contributed by atoms with Gasteiger partial charge in [0.25, 0.3) is 5.56 Å². The van der Waals surface area contributed by atoms with Crippen molar-refractivity contribution < 1.29 is 9.84 Å². The van der Waals surface area contributed by atoms with Gasteiger partial charge in [0.2, 0.25) is 5.88 Å². The molecule has 0 aliphatic heterocycles. The van der Waals surface area contributed by atoms with E-state index in [4.69, 9.17) is 4.74 Å². The van der Waals surface area contributed by atoms with Crippen LogP contribution in [-0.2, 0) is 6.54 Å². The number of nitriles is 1. The van der Waals surface area contributed by atoms with Gasteiger partial charge in [-0.25, -0.2) is 0 Å². The number of aromatic nitrogens is 1. The van der Waals surface area contributed by atoms with Crippen LogP contribution in [0, 0.1) is 18.3 Å². The molecule has 0 bridgehead atoms. The summed E-state index contributed by atoms with van der Waals surface area (Å²) in [5, 5.41) is 19.8. The van der Waals surface area contributed by atoms with Crippen molar-refractivity contribution in [3.8, 4) is 17.7 Å². The molecule has 0 saturated carbocycles. The Morgan fingerprint density at radius 1 is 1.36 bits per heavy atom. The summed E-state index contributed by atoms with van der Waals surface area (Å²) < 4.78 is 6.74. The molecular formula is C19H21N3O3.